The van der Waals surface area contributed by atoms with Crippen LogP contribution in [0.5, 0.6) is 0 Å². The number of aromatic nitrogens is 1. The summed E-state index contributed by atoms with van der Waals surface area (Å²) in [5.74, 6) is 0. The van der Waals surface area contributed by atoms with Crippen LogP contribution in [0.1, 0.15) is 35.5 Å². The molecule has 0 saturated heterocycles. The van der Waals surface area contributed by atoms with Gasteiger partial charge in [-0.2, -0.15) is 0 Å². The minimum Gasteiger partial charge on any atom is -0.377 e. The number of nitrogens with one attached hydrogen (secondary N) is 1. The monoisotopic (exact) mass is 228 g/mol. The molecule has 1 atom stereocenters. The third kappa shape index (κ3) is 3.55. The molecular formula is C11H20N2OS. The van der Waals surface area contributed by atoms with Gasteiger partial charge >= 0.3 is 0 Å². The minimum absolute atomic E-state index is 0.263. The van der Waals surface area contributed by atoms with E-state index in [1.807, 2.05) is 14.0 Å². The molecule has 0 aliphatic rings. The maximum atomic E-state index is 5.63. The molecule has 1 aromatic heterocycles. The van der Waals surface area contributed by atoms with Crippen LogP contribution in [0, 0.1) is 13.8 Å². The molecule has 0 aromatic carbocycles. The fourth-order valence-corrected chi connectivity index (χ4v) is 2.47. The Kier molecular flexibility index (Phi) is 4.70. The fourth-order valence-electron chi connectivity index (χ4n) is 1.45. The molecule has 4 heteroatoms. The van der Waals surface area contributed by atoms with Gasteiger partial charge in [0.15, 0.2) is 0 Å². The van der Waals surface area contributed by atoms with E-state index in [1.165, 1.54) is 4.88 Å². The smallest absolute Gasteiger partial charge is 0.0900 e. The van der Waals surface area contributed by atoms with Crippen molar-refractivity contribution in [3.63, 3.8) is 0 Å². The van der Waals surface area contributed by atoms with Crippen molar-refractivity contribution in [2.45, 2.75) is 39.8 Å². The quantitative estimate of drug-likeness (QED) is 0.840. The van der Waals surface area contributed by atoms with Crippen LogP contribution in [-0.2, 0) is 4.74 Å². The Morgan fingerprint density at radius 1 is 1.40 bits per heavy atom. The standard InChI is InChI=1S/C11H20N2OS/c1-7(2)14-6-10(12-5)11-8(3)13-9(4)15-11/h7,10,12H,6H2,1-5H3. The van der Waals surface area contributed by atoms with E-state index in [0.717, 1.165) is 10.7 Å². The summed E-state index contributed by atoms with van der Waals surface area (Å²) in [6, 6.07) is 0.263. The highest BCUT2D eigenvalue weighted by Gasteiger charge is 2.16. The summed E-state index contributed by atoms with van der Waals surface area (Å²) < 4.78 is 5.63. The van der Waals surface area contributed by atoms with Crippen molar-refractivity contribution in [2.75, 3.05) is 13.7 Å². The van der Waals surface area contributed by atoms with Crippen LogP contribution in [0.25, 0.3) is 0 Å². The Hall–Kier alpha value is -0.450. The van der Waals surface area contributed by atoms with Gasteiger partial charge in [0.2, 0.25) is 0 Å². The molecule has 1 aromatic rings. The Bertz CT molecular complexity index is 310. The molecule has 0 radical (unpaired) electrons. The van der Waals surface area contributed by atoms with E-state index in [-0.39, 0.29) is 12.1 Å². The number of ether oxygens (including phenoxy) is 1. The van der Waals surface area contributed by atoms with E-state index < -0.39 is 0 Å². The SMILES string of the molecule is CNC(COC(C)C)c1sc(C)nc1C. The highest BCUT2D eigenvalue weighted by atomic mass is 32.1. The predicted molar refractivity (Wildman–Crippen MR) is 64.5 cm³/mol. The zero-order chi connectivity index (χ0) is 11.4. The molecule has 0 spiro atoms. The number of thiazole rings is 1. The molecule has 1 heterocycles. The summed E-state index contributed by atoms with van der Waals surface area (Å²) in [6.07, 6.45) is 0.273. The highest BCUT2D eigenvalue weighted by Crippen LogP contribution is 2.24. The van der Waals surface area contributed by atoms with Crippen molar-refractivity contribution in [3.8, 4) is 0 Å². The van der Waals surface area contributed by atoms with Gasteiger partial charge in [0.05, 0.1) is 29.5 Å². The largest absolute Gasteiger partial charge is 0.377 e. The zero-order valence-corrected chi connectivity index (χ0v) is 10.9. The van der Waals surface area contributed by atoms with Gasteiger partial charge in [-0.1, -0.05) is 0 Å². The molecule has 0 aliphatic heterocycles. The van der Waals surface area contributed by atoms with Crippen molar-refractivity contribution in [2.24, 2.45) is 0 Å². The Balaban J connectivity index is 2.69. The first-order chi connectivity index (χ1) is 7.04. The molecule has 86 valence electrons. The highest BCUT2D eigenvalue weighted by molar-refractivity contribution is 7.11. The van der Waals surface area contributed by atoms with Gasteiger partial charge < -0.3 is 10.1 Å². The molecule has 0 aliphatic carbocycles. The lowest BCUT2D eigenvalue weighted by Crippen LogP contribution is -2.23. The Labute approximate surface area is 95.9 Å². The minimum atomic E-state index is 0.263. The third-order valence-corrected chi connectivity index (χ3v) is 3.39. The lowest BCUT2D eigenvalue weighted by Gasteiger charge is -2.17. The lowest BCUT2D eigenvalue weighted by atomic mass is 10.2. The second-order valence-corrected chi connectivity index (χ2v) is 5.14. The van der Waals surface area contributed by atoms with Gasteiger partial charge in [-0.25, -0.2) is 4.98 Å². The normalized spacial score (nSPS) is 13.5. The predicted octanol–water partition coefficient (Wildman–Crippen LogP) is 2.45. The first kappa shape index (κ1) is 12.6. The van der Waals surface area contributed by atoms with Crippen molar-refractivity contribution >= 4 is 11.3 Å². The molecule has 0 amide bonds. The van der Waals surface area contributed by atoms with Crippen LogP contribution in [0.15, 0.2) is 0 Å². The van der Waals surface area contributed by atoms with Crippen molar-refractivity contribution in [3.05, 3.63) is 15.6 Å². The number of hydrogen-bond acceptors (Lipinski definition) is 4. The van der Waals surface area contributed by atoms with Gasteiger partial charge in [-0.3, -0.25) is 0 Å². The average molecular weight is 228 g/mol. The lowest BCUT2D eigenvalue weighted by molar-refractivity contribution is 0.0631. The van der Waals surface area contributed by atoms with E-state index in [4.69, 9.17) is 4.74 Å². The summed E-state index contributed by atoms with van der Waals surface area (Å²) in [7, 11) is 1.96. The number of likely N-dealkylation sites (N-methyl/N-ethyl adjacent to an activating group) is 1. The van der Waals surface area contributed by atoms with Gasteiger partial charge in [-0.15, -0.1) is 11.3 Å². The first-order valence-electron chi connectivity index (χ1n) is 5.27. The van der Waals surface area contributed by atoms with Crippen LogP contribution in [-0.4, -0.2) is 24.7 Å². The summed E-state index contributed by atoms with van der Waals surface area (Å²) in [5, 5.41) is 4.39. The maximum Gasteiger partial charge on any atom is 0.0900 e. The summed E-state index contributed by atoms with van der Waals surface area (Å²) in [4.78, 5) is 5.72. The summed E-state index contributed by atoms with van der Waals surface area (Å²) in [6.45, 7) is 8.90. The second-order valence-electron chi connectivity index (χ2n) is 3.91. The van der Waals surface area contributed by atoms with Crippen LogP contribution >= 0.6 is 11.3 Å². The molecular weight excluding hydrogens is 208 g/mol. The Morgan fingerprint density at radius 3 is 2.47 bits per heavy atom. The van der Waals surface area contributed by atoms with Crippen molar-refractivity contribution in [1.29, 1.82) is 0 Å². The van der Waals surface area contributed by atoms with Crippen molar-refractivity contribution in [1.82, 2.24) is 10.3 Å². The van der Waals surface area contributed by atoms with Gasteiger partial charge in [-0.05, 0) is 34.7 Å². The molecule has 0 bridgehead atoms. The van der Waals surface area contributed by atoms with E-state index in [9.17, 15) is 0 Å². The summed E-state index contributed by atoms with van der Waals surface area (Å²) in [5.41, 5.74) is 1.12. The van der Waals surface area contributed by atoms with Crippen molar-refractivity contribution < 1.29 is 4.74 Å². The number of nitrogens with zero attached hydrogens (tertiary/aromatic N) is 1. The van der Waals surface area contributed by atoms with Crippen LogP contribution in [0.2, 0.25) is 0 Å². The second kappa shape index (κ2) is 5.58. The van der Waals surface area contributed by atoms with E-state index in [2.05, 4.69) is 31.1 Å². The van der Waals surface area contributed by atoms with Crippen LogP contribution in [0.3, 0.4) is 0 Å². The molecule has 1 unspecified atom stereocenters. The molecule has 0 saturated carbocycles. The van der Waals surface area contributed by atoms with Gasteiger partial charge in [0.25, 0.3) is 0 Å². The zero-order valence-electron chi connectivity index (χ0n) is 10.1. The van der Waals surface area contributed by atoms with E-state index in [1.54, 1.807) is 11.3 Å². The first-order valence-corrected chi connectivity index (χ1v) is 6.09. The topological polar surface area (TPSA) is 34.1 Å². The van der Waals surface area contributed by atoms with Crippen LogP contribution < -0.4 is 5.32 Å². The Morgan fingerprint density at radius 2 is 2.07 bits per heavy atom. The number of rotatable bonds is 5. The number of aryl methyl sites for hydroxylation is 2. The van der Waals surface area contributed by atoms with E-state index >= 15 is 0 Å². The van der Waals surface area contributed by atoms with Gasteiger partial charge in [0.1, 0.15) is 0 Å². The average Bonchev–Trinajstić information content (AvgIpc) is 2.46. The number of hydrogen-bond donors (Lipinski definition) is 1. The molecule has 1 rings (SSSR count). The molecule has 3 nitrogen and oxygen atoms in total. The molecule has 15 heavy (non-hydrogen) atoms. The maximum absolute atomic E-state index is 5.63. The van der Waals surface area contributed by atoms with Crippen LogP contribution in [0.4, 0.5) is 0 Å². The molecule has 1 N–H and O–H groups in total. The summed E-state index contributed by atoms with van der Waals surface area (Å²) >= 11 is 1.75. The molecule has 0 fully saturated rings. The fraction of sp³-hybridized carbons (Fsp3) is 0.727. The third-order valence-electron chi connectivity index (χ3n) is 2.20. The van der Waals surface area contributed by atoms with E-state index in [0.29, 0.717) is 6.61 Å². The van der Waals surface area contributed by atoms with Gasteiger partial charge in [0, 0.05) is 4.88 Å².